The van der Waals surface area contributed by atoms with E-state index in [9.17, 15) is 13.2 Å². The molecule has 0 bridgehead atoms. The van der Waals surface area contributed by atoms with Gasteiger partial charge in [-0.15, -0.1) is 0 Å². The Morgan fingerprint density at radius 3 is 2.35 bits per heavy atom. The molecular formula is C12H15F3O2. The van der Waals surface area contributed by atoms with Crippen LogP contribution in [0.5, 0.6) is 5.75 Å². The summed E-state index contributed by atoms with van der Waals surface area (Å²) < 4.78 is 47.7. The van der Waals surface area contributed by atoms with Crippen molar-refractivity contribution in [2.45, 2.75) is 19.5 Å². The lowest BCUT2D eigenvalue weighted by Crippen LogP contribution is -2.08. The Bertz CT molecular complexity index is 361. The number of alkyl halides is 3. The lowest BCUT2D eigenvalue weighted by molar-refractivity contribution is -0.137. The van der Waals surface area contributed by atoms with Crippen LogP contribution in [0.25, 0.3) is 0 Å². The van der Waals surface area contributed by atoms with Gasteiger partial charge in [0, 0.05) is 7.11 Å². The second kappa shape index (κ2) is 5.91. The van der Waals surface area contributed by atoms with Crippen LogP contribution in [0, 0.1) is 0 Å². The van der Waals surface area contributed by atoms with E-state index in [0.29, 0.717) is 18.6 Å². The number of hydrogen-bond acceptors (Lipinski definition) is 2. The maximum atomic E-state index is 12.6. The predicted molar refractivity (Wildman–Crippen MR) is 58.2 cm³/mol. The van der Waals surface area contributed by atoms with Crippen molar-refractivity contribution in [3.63, 3.8) is 0 Å². The number of rotatable bonds is 5. The topological polar surface area (TPSA) is 18.5 Å². The maximum absolute atomic E-state index is 12.6. The molecule has 0 N–H and O–H groups in total. The van der Waals surface area contributed by atoms with E-state index in [1.807, 2.05) is 0 Å². The lowest BCUT2D eigenvalue weighted by atomic mass is 10.1. The van der Waals surface area contributed by atoms with Crippen molar-refractivity contribution in [1.29, 1.82) is 0 Å². The molecule has 0 saturated heterocycles. The lowest BCUT2D eigenvalue weighted by Gasteiger charge is -2.12. The van der Waals surface area contributed by atoms with Crippen molar-refractivity contribution in [3.8, 4) is 5.75 Å². The zero-order valence-corrected chi connectivity index (χ0v) is 9.80. The fraction of sp³-hybridized carbons (Fsp3) is 0.500. The molecule has 0 saturated carbocycles. The summed E-state index contributed by atoms with van der Waals surface area (Å²) in [7, 11) is 1.51. The van der Waals surface area contributed by atoms with Crippen LogP contribution in [0.15, 0.2) is 18.2 Å². The van der Waals surface area contributed by atoms with Crippen molar-refractivity contribution >= 4 is 0 Å². The van der Waals surface area contributed by atoms with Crippen molar-refractivity contribution in [2.24, 2.45) is 0 Å². The molecule has 1 aromatic carbocycles. The van der Waals surface area contributed by atoms with Crippen molar-refractivity contribution in [2.75, 3.05) is 20.3 Å². The highest BCUT2D eigenvalue weighted by Crippen LogP contribution is 2.32. The summed E-state index contributed by atoms with van der Waals surface area (Å²) in [4.78, 5) is 0. The Morgan fingerprint density at radius 1 is 1.12 bits per heavy atom. The summed E-state index contributed by atoms with van der Waals surface area (Å²) in [5, 5.41) is 0. The quantitative estimate of drug-likeness (QED) is 0.744. The molecule has 0 aromatic heterocycles. The molecule has 1 aromatic rings. The van der Waals surface area contributed by atoms with E-state index in [0.717, 1.165) is 12.1 Å². The zero-order valence-electron chi connectivity index (χ0n) is 9.80. The minimum absolute atomic E-state index is 0.230. The van der Waals surface area contributed by atoms with E-state index in [2.05, 4.69) is 0 Å². The first kappa shape index (κ1) is 13.8. The normalized spacial score (nSPS) is 11.6. The van der Waals surface area contributed by atoms with E-state index >= 15 is 0 Å². The summed E-state index contributed by atoms with van der Waals surface area (Å²) >= 11 is 0. The molecule has 0 aliphatic rings. The van der Waals surface area contributed by atoms with E-state index in [1.54, 1.807) is 13.0 Å². The summed E-state index contributed by atoms with van der Waals surface area (Å²) in [5.74, 6) is 0.230. The number of ether oxygens (including phenoxy) is 2. The second-order valence-electron chi connectivity index (χ2n) is 3.56. The van der Waals surface area contributed by atoms with Gasteiger partial charge in [-0.05, 0) is 30.2 Å². The van der Waals surface area contributed by atoms with Gasteiger partial charge >= 0.3 is 6.18 Å². The predicted octanol–water partition coefficient (Wildman–Crippen LogP) is 3.29. The van der Waals surface area contributed by atoms with E-state index in [4.69, 9.17) is 9.47 Å². The monoisotopic (exact) mass is 248 g/mol. The van der Waals surface area contributed by atoms with Gasteiger partial charge in [-0.3, -0.25) is 0 Å². The Kier molecular flexibility index (Phi) is 4.81. The molecule has 0 unspecified atom stereocenters. The number of hydrogen-bond donors (Lipinski definition) is 0. The SMILES string of the molecule is CCc1cc(OCCOC)cc(C(F)(F)F)c1. The molecule has 96 valence electrons. The second-order valence-corrected chi connectivity index (χ2v) is 3.56. The van der Waals surface area contributed by atoms with Gasteiger partial charge in [0.15, 0.2) is 0 Å². The molecule has 0 radical (unpaired) electrons. The van der Waals surface area contributed by atoms with Gasteiger partial charge < -0.3 is 9.47 Å². The minimum atomic E-state index is -4.34. The molecule has 0 heterocycles. The summed E-state index contributed by atoms with van der Waals surface area (Å²) in [6.45, 7) is 2.38. The van der Waals surface area contributed by atoms with Gasteiger partial charge in [-0.25, -0.2) is 0 Å². The summed E-state index contributed by atoms with van der Waals surface area (Å²) in [6, 6.07) is 3.77. The minimum Gasteiger partial charge on any atom is -0.491 e. The third-order valence-corrected chi connectivity index (χ3v) is 2.26. The molecule has 17 heavy (non-hydrogen) atoms. The average Bonchev–Trinajstić information content (AvgIpc) is 2.28. The molecule has 0 aliphatic heterocycles. The number of methoxy groups -OCH3 is 1. The Balaban J connectivity index is 2.89. The Morgan fingerprint density at radius 2 is 1.82 bits per heavy atom. The van der Waals surface area contributed by atoms with Gasteiger partial charge in [-0.1, -0.05) is 6.92 Å². The highest BCUT2D eigenvalue weighted by molar-refractivity contribution is 5.36. The van der Waals surface area contributed by atoms with Gasteiger partial charge in [0.05, 0.1) is 12.2 Å². The van der Waals surface area contributed by atoms with Gasteiger partial charge in [0.2, 0.25) is 0 Å². The van der Waals surface area contributed by atoms with Crippen LogP contribution in [-0.2, 0) is 17.3 Å². The van der Waals surface area contributed by atoms with Gasteiger partial charge in [0.25, 0.3) is 0 Å². The van der Waals surface area contributed by atoms with Crippen LogP contribution in [0.2, 0.25) is 0 Å². The molecule has 0 atom stereocenters. The maximum Gasteiger partial charge on any atom is 0.416 e. The molecule has 0 amide bonds. The first-order chi connectivity index (χ1) is 7.97. The molecule has 2 nitrogen and oxygen atoms in total. The smallest absolute Gasteiger partial charge is 0.416 e. The fourth-order valence-corrected chi connectivity index (χ4v) is 1.35. The van der Waals surface area contributed by atoms with Gasteiger partial charge in [0.1, 0.15) is 12.4 Å². The van der Waals surface area contributed by atoms with Crippen LogP contribution in [0.1, 0.15) is 18.1 Å². The van der Waals surface area contributed by atoms with Crippen LogP contribution in [-0.4, -0.2) is 20.3 Å². The zero-order chi connectivity index (χ0) is 12.9. The standard InChI is InChI=1S/C12H15F3O2/c1-3-9-6-10(12(13,14)15)8-11(7-9)17-5-4-16-2/h6-8H,3-5H2,1-2H3. The van der Waals surface area contributed by atoms with Crippen molar-refractivity contribution < 1.29 is 22.6 Å². The fourth-order valence-electron chi connectivity index (χ4n) is 1.35. The van der Waals surface area contributed by atoms with Crippen LogP contribution < -0.4 is 4.74 Å². The largest absolute Gasteiger partial charge is 0.491 e. The Labute approximate surface area is 98.3 Å². The first-order valence-electron chi connectivity index (χ1n) is 5.30. The van der Waals surface area contributed by atoms with Crippen molar-refractivity contribution in [1.82, 2.24) is 0 Å². The van der Waals surface area contributed by atoms with E-state index in [-0.39, 0.29) is 12.4 Å². The number of aryl methyl sites for hydroxylation is 1. The Hall–Kier alpha value is -1.23. The van der Waals surface area contributed by atoms with Crippen LogP contribution in [0.3, 0.4) is 0 Å². The third-order valence-electron chi connectivity index (χ3n) is 2.26. The summed E-state index contributed by atoms with van der Waals surface area (Å²) in [6.07, 6.45) is -3.81. The average molecular weight is 248 g/mol. The molecule has 1 rings (SSSR count). The summed E-state index contributed by atoms with van der Waals surface area (Å²) in [5.41, 5.74) is -0.0727. The van der Waals surface area contributed by atoms with Crippen LogP contribution in [0.4, 0.5) is 13.2 Å². The number of halogens is 3. The van der Waals surface area contributed by atoms with Crippen molar-refractivity contribution in [3.05, 3.63) is 29.3 Å². The first-order valence-corrected chi connectivity index (χ1v) is 5.30. The molecule has 0 aliphatic carbocycles. The van der Waals surface area contributed by atoms with Crippen LogP contribution >= 0.6 is 0 Å². The molecular weight excluding hydrogens is 233 g/mol. The molecule has 0 spiro atoms. The highest BCUT2D eigenvalue weighted by Gasteiger charge is 2.31. The molecule has 0 fully saturated rings. The highest BCUT2D eigenvalue weighted by atomic mass is 19.4. The van der Waals surface area contributed by atoms with Gasteiger partial charge in [-0.2, -0.15) is 13.2 Å². The van der Waals surface area contributed by atoms with E-state index < -0.39 is 11.7 Å². The number of benzene rings is 1. The van der Waals surface area contributed by atoms with E-state index in [1.165, 1.54) is 7.11 Å². The third kappa shape index (κ3) is 4.26. The molecule has 5 heteroatoms.